The standard InChI is InChI=1S/C13H19N3OS/c1-9-4-2-5-10-6-3-7-16(12(9)10)13(17)11-8-14-18-15-11/h8-10,12H,2-7H2,1H3/t9-,10+,12-/m1/s1. The maximum absolute atomic E-state index is 12.5. The molecule has 5 heteroatoms. The van der Waals surface area contributed by atoms with Gasteiger partial charge in [0.05, 0.1) is 17.9 Å². The molecule has 1 aromatic rings. The Morgan fingerprint density at radius 1 is 1.39 bits per heavy atom. The van der Waals surface area contributed by atoms with Gasteiger partial charge in [-0.1, -0.05) is 13.3 Å². The lowest BCUT2D eigenvalue weighted by atomic mass is 9.73. The quantitative estimate of drug-likeness (QED) is 0.784. The first-order chi connectivity index (χ1) is 8.77. The summed E-state index contributed by atoms with van der Waals surface area (Å²) in [4.78, 5) is 14.6. The van der Waals surface area contributed by atoms with Crippen molar-refractivity contribution in [3.8, 4) is 0 Å². The fraction of sp³-hybridized carbons (Fsp3) is 0.769. The summed E-state index contributed by atoms with van der Waals surface area (Å²) < 4.78 is 8.04. The molecule has 2 fully saturated rings. The Balaban J connectivity index is 1.83. The normalized spacial score (nSPS) is 32.1. The maximum atomic E-state index is 12.5. The first-order valence-corrected chi connectivity index (χ1v) is 7.59. The molecule has 0 bridgehead atoms. The van der Waals surface area contributed by atoms with E-state index >= 15 is 0 Å². The summed E-state index contributed by atoms with van der Waals surface area (Å²) in [5.41, 5.74) is 0.526. The molecule has 4 nitrogen and oxygen atoms in total. The number of nitrogens with zero attached hydrogens (tertiary/aromatic N) is 3. The van der Waals surface area contributed by atoms with Crippen molar-refractivity contribution in [2.75, 3.05) is 6.54 Å². The van der Waals surface area contributed by atoms with E-state index < -0.39 is 0 Å². The second-order valence-electron chi connectivity index (χ2n) is 5.59. The molecule has 0 N–H and O–H groups in total. The van der Waals surface area contributed by atoms with Crippen LogP contribution >= 0.6 is 11.7 Å². The predicted octanol–water partition coefficient (Wildman–Crippen LogP) is 2.58. The van der Waals surface area contributed by atoms with Gasteiger partial charge in [0.25, 0.3) is 5.91 Å². The minimum Gasteiger partial charge on any atom is -0.334 e. The zero-order chi connectivity index (χ0) is 12.5. The van der Waals surface area contributed by atoms with Crippen LogP contribution in [0.1, 0.15) is 49.5 Å². The first-order valence-electron chi connectivity index (χ1n) is 6.86. The van der Waals surface area contributed by atoms with Crippen molar-refractivity contribution in [3.63, 3.8) is 0 Å². The molecule has 2 heterocycles. The van der Waals surface area contributed by atoms with Crippen LogP contribution in [0.5, 0.6) is 0 Å². The first kappa shape index (κ1) is 12.1. The average Bonchev–Trinajstić information content (AvgIpc) is 2.91. The Morgan fingerprint density at radius 3 is 3.00 bits per heavy atom. The van der Waals surface area contributed by atoms with Gasteiger partial charge in [0.15, 0.2) is 5.69 Å². The van der Waals surface area contributed by atoms with Gasteiger partial charge in [-0.3, -0.25) is 4.79 Å². The van der Waals surface area contributed by atoms with E-state index in [0.29, 0.717) is 23.6 Å². The van der Waals surface area contributed by atoms with E-state index in [1.165, 1.54) is 25.7 Å². The van der Waals surface area contributed by atoms with Crippen LogP contribution in [0.15, 0.2) is 6.20 Å². The number of carbonyl (C=O) groups is 1. The number of carbonyl (C=O) groups excluding carboxylic acids is 1. The molecule has 3 rings (SSSR count). The number of likely N-dealkylation sites (tertiary alicyclic amines) is 1. The summed E-state index contributed by atoms with van der Waals surface area (Å²) in [6, 6.07) is 0.432. The second kappa shape index (κ2) is 4.96. The minimum atomic E-state index is 0.0900. The summed E-state index contributed by atoms with van der Waals surface area (Å²) in [7, 11) is 0. The maximum Gasteiger partial charge on any atom is 0.275 e. The Kier molecular flexibility index (Phi) is 3.33. The van der Waals surface area contributed by atoms with Crippen molar-refractivity contribution >= 4 is 17.6 Å². The number of fused-ring (bicyclic) bond motifs is 1. The predicted molar refractivity (Wildman–Crippen MR) is 70.5 cm³/mol. The zero-order valence-electron chi connectivity index (χ0n) is 10.7. The monoisotopic (exact) mass is 265 g/mol. The molecular formula is C13H19N3OS. The highest BCUT2D eigenvalue weighted by molar-refractivity contribution is 6.99. The molecule has 0 aromatic carbocycles. The van der Waals surface area contributed by atoms with Gasteiger partial charge in [-0.05, 0) is 37.5 Å². The molecule has 1 saturated heterocycles. The van der Waals surface area contributed by atoms with Gasteiger partial charge >= 0.3 is 0 Å². The Hall–Kier alpha value is -0.970. The van der Waals surface area contributed by atoms with Crippen LogP contribution in [0.3, 0.4) is 0 Å². The van der Waals surface area contributed by atoms with Crippen molar-refractivity contribution in [2.45, 2.75) is 45.1 Å². The summed E-state index contributed by atoms with van der Waals surface area (Å²) >= 11 is 1.11. The molecular weight excluding hydrogens is 246 g/mol. The molecule has 3 atom stereocenters. The number of hydrogen-bond donors (Lipinski definition) is 0. The lowest BCUT2D eigenvalue weighted by Crippen LogP contribution is -2.53. The molecule has 1 saturated carbocycles. The van der Waals surface area contributed by atoms with Crippen molar-refractivity contribution in [1.82, 2.24) is 13.6 Å². The average molecular weight is 265 g/mol. The molecule has 2 aliphatic rings. The molecule has 0 spiro atoms. The third-order valence-corrected chi connectivity index (χ3v) is 4.95. The van der Waals surface area contributed by atoms with Crippen LogP contribution < -0.4 is 0 Å². The van der Waals surface area contributed by atoms with Crippen LogP contribution in [0, 0.1) is 11.8 Å². The molecule has 98 valence electrons. The highest BCUT2D eigenvalue weighted by Crippen LogP contribution is 2.39. The number of amides is 1. The smallest absolute Gasteiger partial charge is 0.275 e. The van der Waals surface area contributed by atoms with E-state index in [0.717, 1.165) is 24.7 Å². The minimum absolute atomic E-state index is 0.0900. The van der Waals surface area contributed by atoms with Crippen molar-refractivity contribution in [1.29, 1.82) is 0 Å². The third-order valence-electron chi connectivity index (χ3n) is 4.48. The fourth-order valence-electron chi connectivity index (χ4n) is 3.70. The van der Waals surface area contributed by atoms with E-state index in [1.807, 2.05) is 0 Å². The van der Waals surface area contributed by atoms with Crippen LogP contribution in [0.4, 0.5) is 0 Å². The largest absolute Gasteiger partial charge is 0.334 e. The lowest BCUT2D eigenvalue weighted by molar-refractivity contribution is 0.0207. The van der Waals surface area contributed by atoms with Gasteiger partial charge in [-0.25, -0.2) is 0 Å². The van der Waals surface area contributed by atoms with Gasteiger partial charge in [-0.2, -0.15) is 8.75 Å². The third kappa shape index (κ3) is 2.05. The number of piperidine rings is 1. The summed E-state index contributed by atoms with van der Waals surface area (Å²) in [5.74, 6) is 1.42. The SMILES string of the molecule is C[C@@H]1CCC[C@H]2CCCN(C(=O)c3cnsn3)[C@@H]21. The molecule has 1 aromatic heterocycles. The Bertz CT molecular complexity index is 418. The molecule has 1 amide bonds. The fourth-order valence-corrected chi connectivity index (χ4v) is 4.11. The van der Waals surface area contributed by atoms with Gasteiger partial charge < -0.3 is 4.90 Å². The zero-order valence-corrected chi connectivity index (χ0v) is 11.5. The van der Waals surface area contributed by atoms with E-state index in [9.17, 15) is 4.79 Å². The van der Waals surface area contributed by atoms with E-state index in [4.69, 9.17) is 0 Å². The van der Waals surface area contributed by atoms with Crippen LogP contribution in [0.2, 0.25) is 0 Å². The second-order valence-corrected chi connectivity index (χ2v) is 6.15. The van der Waals surface area contributed by atoms with E-state index in [2.05, 4.69) is 20.6 Å². The summed E-state index contributed by atoms with van der Waals surface area (Å²) in [5, 5.41) is 0. The topological polar surface area (TPSA) is 46.1 Å². The van der Waals surface area contributed by atoms with Gasteiger partial charge in [0.1, 0.15) is 0 Å². The van der Waals surface area contributed by atoms with E-state index in [1.54, 1.807) is 6.20 Å². The molecule has 1 aliphatic carbocycles. The molecule has 1 aliphatic heterocycles. The lowest BCUT2D eigenvalue weighted by Gasteiger charge is -2.47. The summed E-state index contributed by atoms with van der Waals surface area (Å²) in [6.07, 6.45) is 7.88. The highest BCUT2D eigenvalue weighted by atomic mass is 32.1. The highest BCUT2D eigenvalue weighted by Gasteiger charge is 2.40. The summed E-state index contributed by atoms with van der Waals surface area (Å²) in [6.45, 7) is 3.18. The van der Waals surface area contributed by atoms with Crippen molar-refractivity contribution in [3.05, 3.63) is 11.9 Å². The molecule has 0 unspecified atom stereocenters. The van der Waals surface area contributed by atoms with Gasteiger partial charge in [0, 0.05) is 12.6 Å². The van der Waals surface area contributed by atoms with Crippen LogP contribution in [-0.2, 0) is 0 Å². The van der Waals surface area contributed by atoms with Gasteiger partial charge in [0.2, 0.25) is 0 Å². The van der Waals surface area contributed by atoms with Crippen LogP contribution in [-0.4, -0.2) is 32.1 Å². The Morgan fingerprint density at radius 2 is 2.22 bits per heavy atom. The van der Waals surface area contributed by atoms with Crippen LogP contribution in [0.25, 0.3) is 0 Å². The molecule has 0 radical (unpaired) electrons. The van der Waals surface area contributed by atoms with Gasteiger partial charge in [-0.15, -0.1) is 0 Å². The van der Waals surface area contributed by atoms with E-state index in [-0.39, 0.29) is 5.91 Å². The number of rotatable bonds is 1. The van der Waals surface area contributed by atoms with Crippen molar-refractivity contribution in [2.24, 2.45) is 11.8 Å². The van der Waals surface area contributed by atoms with Crippen molar-refractivity contribution < 1.29 is 4.79 Å². The molecule has 18 heavy (non-hydrogen) atoms. The number of hydrogen-bond acceptors (Lipinski definition) is 4. The number of aromatic nitrogens is 2. The Labute approximate surface area is 112 Å².